The summed E-state index contributed by atoms with van der Waals surface area (Å²) in [5.74, 6) is -2.66. The van der Waals surface area contributed by atoms with Crippen LogP contribution in [0.5, 0.6) is 0 Å². The van der Waals surface area contributed by atoms with Crippen LogP contribution in [0.4, 0.5) is 13.2 Å². The summed E-state index contributed by atoms with van der Waals surface area (Å²) in [6.07, 6.45) is 2.80. The summed E-state index contributed by atoms with van der Waals surface area (Å²) in [6, 6.07) is 1.36. The molecule has 0 aromatic heterocycles. The van der Waals surface area contributed by atoms with Crippen LogP contribution >= 0.6 is 0 Å². The van der Waals surface area contributed by atoms with Crippen molar-refractivity contribution in [1.29, 1.82) is 0 Å². The summed E-state index contributed by atoms with van der Waals surface area (Å²) in [7, 11) is 0. The van der Waals surface area contributed by atoms with Crippen molar-refractivity contribution in [2.45, 2.75) is 25.7 Å². The second kappa shape index (κ2) is 13.2. The van der Waals surface area contributed by atoms with Gasteiger partial charge in [0.2, 0.25) is 0 Å². The van der Waals surface area contributed by atoms with E-state index in [4.69, 9.17) is 19.9 Å². The normalized spacial score (nSPS) is 11.2. The average molecular weight is 349 g/mol. The van der Waals surface area contributed by atoms with E-state index in [-0.39, 0.29) is 18.6 Å². The molecule has 0 fully saturated rings. The molecule has 0 amide bonds. The van der Waals surface area contributed by atoms with Crippen molar-refractivity contribution in [3.05, 3.63) is 35.1 Å². The maximum Gasteiger partial charge on any atom is 0.132 e. The third-order valence-electron chi connectivity index (χ3n) is 3.31. The smallest absolute Gasteiger partial charge is 0.132 e. The standard InChI is InChI=1S/C17H26F3NO3/c18-14-12-16(19)15(17(20)13-14)4-8-22-6-2-1-3-7-23-10-11-24-9-5-21/h12-13H,1-11,21H2. The van der Waals surface area contributed by atoms with Crippen molar-refractivity contribution >= 4 is 0 Å². The quantitative estimate of drug-likeness (QED) is 0.525. The van der Waals surface area contributed by atoms with E-state index in [0.29, 0.717) is 51.7 Å². The minimum atomic E-state index is -0.914. The van der Waals surface area contributed by atoms with Crippen LogP contribution < -0.4 is 5.73 Å². The fourth-order valence-electron chi connectivity index (χ4n) is 2.08. The van der Waals surface area contributed by atoms with E-state index < -0.39 is 17.5 Å². The van der Waals surface area contributed by atoms with E-state index in [1.54, 1.807) is 0 Å². The first-order valence-corrected chi connectivity index (χ1v) is 8.22. The summed E-state index contributed by atoms with van der Waals surface area (Å²) in [6.45, 7) is 3.56. The molecule has 138 valence electrons. The molecule has 0 heterocycles. The van der Waals surface area contributed by atoms with Gasteiger partial charge in [-0.3, -0.25) is 0 Å². The highest BCUT2D eigenvalue weighted by Gasteiger charge is 2.10. The topological polar surface area (TPSA) is 53.7 Å². The van der Waals surface area contributed by atoms with Crippen molar-refractivity contribution in [2.75, 3.05) is 46.2 Å². The van der Waals surface area contributed by atoms with Crippen LogP contribution in [-0.4, -0.2) is 46.2 Å². The van der Waals surface area contributed by atoms with Crippen molar-refractivity contribution in [2.24, 2.45) is 5.73 Å². The van der Waals surface area contributed by atoms with Gasteiger partial charge in [0.15, 0.2) is 0 Å². The lowest BCUT2D eigenvalue weighted by atomic mass is 10.1. The number of halogens is 3. The largest absolute Gasteiger partial charge is 0.381 e. The predicted octanol–water partition coefficient (Wildman–Crippen LogP) is 2.83. The Kier molecular flexibility index (Phi) is 11.5. The molecule has 0 aliphatic rings. The number of hydrogen-bond donors (Lipinski definition) is 1. The minimum Gasteiger partial charge on any atom is -0.381 e. The number of unbranched alkanes of at least 4 members (excludes halogenated alkanes) is 2. The number of hydrogen-bond acceptors (Lipinski definition) is 4. The van der Waals surface area contributed by atoms with Crippen LogP contribution in [0.2, 0.25) is 0 Å². The van der Waals surface area contributed by atoms with Gasteiger partial charge in [0.05, 0.1) is 26.4 Å². The SMILES string of the molecule is NCCOCCOCCCCCOCCc1c(F)cc(F)cc1F. The molecule has 0 aliphatic carbocycles. The molecular weight excluding hydrogens is 323 g/mol. The Hall–Kier alpha value is -1.15. The lowest BCUT2D eigenvalue weighted by Crippen LogP contribution is -2.12. The van der Waals surface area contributed by atoms with E-state index in [0.717, 1.165) is 19.3 Å². The Balaban J connectivity index is 1.94. The molecule has 0 atom stereocenters. The van der Waals surface area contributed by atoms with E-state index >= 15 is 0 Å². The van der Waals surface area contributed by atoms with Gasteiger partial charge in [-0.1, -0.05) is 0 Å². The van der Waals surface area contributed by atoms with Gasteiger partial charge in [-0.15, -0.1) is 0 Å². The first-order chi connectivity index (χ1) is 11.6. The minimum absolute atomic E-state index is 0.0872. The maximum atomic E-state index is 13.4. The van der Waals surface area contributed by atoms with Crippen LogP contribution in [0.25, 0.3) is 0 Å². The summed E-state index contributed by atoms with van der Waals surface area (Å²) < 4.78 is 55.5. The Bertz CT molecular complexity index is 438. The van der Waals surface area contributed by atoms with Crippen molar-refractivity contribution in [1.82, 2.24) is 0 Å². The van der Waals surface area contributed by atoms with Gasteiger partial charge in [-0.2, -0.15) is 0 Å². The predicted molar refractivity (Wildman–Crippen MR) is 85.4 cm³/mol. The van der Waals surface area contributed by atoms with E-state index in [9.17, 15) is 13.2 Å². The van der Waals surface area contributed by atoms with Crippen LogP contribution in [0.3, 0.4) is 0 Å². The Morgan fingerprint density at radius 3 is 1.83 bits per heavy atom. The molecular formula is C17H26F3NO3. The van der Waals surface area contributed by atoms with Crippen LogP contribution in [-0.2, 0) is 20.6 Å². The number of nitrogens with two attached hydrogens (primary N) is 1. The molecule has 0 bridgehead atoms. The average Bonchev–Trinajstić information content (AvgIpc) is 2.53. The summed E-state index contributed by atoms with van der Waals surface area (Å²) in [5.41, 5.74) is 5.15. The van der Waals surface area contributed by atoms with Crippen molar-refractivity contribution < 1.29 is 27.4 Å². The van der Waals surface area contributed by atoms with Crippen molar-refractivity contribution in [3.8, 4) is 0 Å². The molecule has 1 aromatic rings. The molecule has 4 nitrogen and oxygen atoms in total. The molecule has 0 unspecified atom stereocenters. The van der Waals surface area contributed by atoms with Gasteiger partial charge in [0.1, 0.15) is 17.5 Å². The molecule has 1 aromatic carbocycles. The number of ether oxygens (including phenoxy) is 3. The van der Waals surface area contributed by atoms with Crippen LogP contribution in [0.15, 0.2) is 12.1 Å². The van der Waals surface area contributed by atoms with E-state index in [1.165, 1.54) is 0 Å². The van der Waals surface area contributed by atoms with E-state index in [1.807, 2.05) is 0 Å². The first kappa shape index (κ1) is 20.9. The Labute approximate surface area is 141 Å². The van der Waals surface area contributed by atoms with Crippen molar-refractivity contribution in [3.63, 3.8) is 0 Å². The molecule has 0 aliphatic heterocycles. The third-order valence-corrected chi connectivity index (χ3v) is 3.31. The van der Waals surface area contributed by atoms with E-state index in [2.05, 4.69) is 0 Å². The van der Waals surface area contributed by atoms with Crippen LogP contribution in [0, 0.1) is 17.5 Å². The zero-order valence-electron chi connectivity index (χ0n) is 13.9. The molecule has 2 N–H and O–H groups in total. The molecule has 0 spiro atoms. The third kappa shape index (κ3) is 9.22. The molecule has 0 saturated heterocycles. The van der Waals surface area contributed by atoms with Gasteiger partial charge in [0.25, 0.3) is 0 Å². The zero-order chi connectivity index (χ0) is 17.6. The Morgan fingerprint density at radius 1 is 0.708 bits per heavy atom. The summed E-state index contributed by atoms with van der Waals surface area (Å²) >= 11 is 0. The van der Waals surface area contributed by atoms with Gasteiger partial charge >= 0.3 is 0 Å². The fourth-order valence-corrected chi connectivity index (χ4v) is 2.08. The van der Waals surface area contributed by atoms with Gasteiger partial charge < -0.3 is 19.9 Å². The summed E-state index contributed by atoms with van der Waals surface area (Å²) in [4.78, 5) is 0. The second-order valence-electron chi connectivity index (χ2n) is 5.28. The highest BCUT2D eigenvalue weighted by molar-refractivity contribution is 5.20. The van der Waals surface area contributed by atoms with Crippen LogP contribution in [0.1, 0.15) is 24.8 Å². The van der Waals surface area contributed by atoms with Gasteiger partial charge in [-0.05, 0) is 19.3 Å². The van der Waals surface area contributed by atoms with Gasteiger partial charge in [-0.25, -0.2) is 13.2 Å². The molecule has 1 rings (SSSR count). The summed E-state index contributed by atoms with van der Waals surface area (Å²) in [5, 5.41) is 0. The highest BCUT2D eigenvalue weighted by Crippen LogP contribution is 2.15. The first-order valence-electron chi connectivity index (χ1n) is 8.22. The lowest BCUT2D eigenvalue weighted by molar-refractivity contribution is 0.0483. The zero-order valence-corrected chi connectivity index (χ0v) is 13.9. The van der Waals surface area contributed by atoms with Gasteiger partial charge in [0, 0.05) is 43.9 Å². The number of benzene rings is 1. The lowest BCUT2D eigenvalue weighted by Gasteiger charge is -2.07. The second-order valence-corrected chi connectivity index (χ2v) is 5.28. The Morgan fingerprint density at radius 2 is 1.25 bits per heavy atom. The fraction of sp³-hybridized carbons (Fsp3) is 0.647. The molecule has 0 radical (unpaired) electrons. The molecule has 24 heavy (non-hydrogen) atoms. The molecule has 7 heteroatoms. The molecule has 0 saturated carbocycles. The maximum absolute atomic E-state index is 13.4. The monoisotopic (exact) mass is 349 g/mol. The number of rotatable bonds is 14. The highest BCUT2D eigenvalue weighted by atomic mass is 19.1.